The van der Waals surface area contributed by atoms with Gasteiger partial charge in [-0.3, -0.25) is 25.2 Å². The van der Waals surface area contributed by atoms with E-state index in [-0.39, 0.29) is 17.7 Å². The van der Waals surface area contributed by atoms with Crippen molar-refractivity contribution in [3.05, 3.63) is 57.6 Å². The van der Waals surface area contributed by atoms with Crippen LogP contribution >= 0.6 is 0 Å². The summed E-state index contributed by atoms with van der Waals surface area (Å²) in [7, 11) is 0. The van der Waals surface area contributed by atoms with Crippen LogP contribution in [0.25, 0.3) is 0 Å². The quantitative estimate of drug-likeness (QED) is 0.480. The fourth-order valence-corrected chi connectivity index (χ4v) is 4.41. The number of phenols is 2. The Morgan fingerprint density at radius 2 is 1.29 bits per heavy atom. The molecule has 34 heavy (non-hydrogen) atoms. The Kier molecular flexibility index (Phi) is 8.05. The fourth-order valence-electron chi connectivity index (χ4n) is 4.41. The number of nitrogens with one attached hydrogen (secondary N) is 2. The second kappa shape index (κ2) is 11.4. The predicted octanol–water partition coefficient (Wildman–Crippen LogP) is 2.18. The van der Waals surface area contributed by atoms with Crippen molar-refractivity contribution in [2.75, 3.05) is 52.4 Å². The van der Waals surface area contributed by atoms with E-state index in [0.717, 1.165) is 55.0 Å². The van der Waals surface area contributed by atoms with Gasteiger partial charge in [-0.2, -0.15) is 0 Å². The normalized spacial score (nSPS) is 20.1. The minimum atomic E-state index is -0.0757. The van der Waals surface area contributed by atoms with E-state index >= 15 is 0 Å². The van der Waals surface area contributed by atoms with Gasteiger partial charge in [0.1, 0.15) is 11.5 Å². The molecule has 0 spiro atoms. The van der Waals surface area contributed by atoms with E-state index in [1.54, 1.807) is 18.6 Å². The number of aryl methyl sites for hydroxylation is 2. The van der Waals surface area contributed by atoms with Crippen molar-refractivity contribution < 1.29 is 10.2 Å². The summed E-state index contributed by atoms with van der Waals surface area (Å²) in [6, 6.07) is 7.86. The highest BCUT2D eigenvalue weighted by molar-refractivity contribution is 5.92. The standard InChI is InChI=1S/C26H34N6O2/c1-18-11-20-15-28-5-3-27-4-6-29-17-22-13-19(2)14-23(25(22)34)26-31-8-10-32(26)9-7-30-16-21(12-18)24(20)33/h11-17,26-27,31,33-34H,3-10H2,1-2H3/t26-/m1/s1. The third kappa shape index (κ3) is 5.88. The molecule has 1 fully saturated rings. The van der Waals surface area contributed by atoms with Crippen LogP contribution < -0.4 is 10.6 Å². The van der Waals surface area contributed by atoms with Crippen molar-refractivity contribution in [3.8, 4) is 11.5 Å². The lowest BCUT2D eigenvalue weighted by Gasteiger charge is -2.25. The van der Waals surface area contributed by atoms with Crippen LogP contribution in [-0.2, 0) is 0 Å². The summed E-state index contributed by atoms with van der Waals surface area (Å²) in [6.45, 7) is 9.73. The molecule has 8 nitrogen and oxygen atoms in total. The average Bonchev–Trinajstić information content (AvgIpc) is 3.27. The number of rotatable bonds is 0. The zero-order chi connectivity index (χ0) is 23.9. The molecule has 2 aliphatic rings. The van der Waals surface area contributed by atoms with Crippen LogP contribution in [0.1, 0.15) is 39.5 Å². The van der Waals surface area contributed by atoms with Crippen molar-refractivity contribution in [3.63, 3.8) is 0 Å². The Hall–Kier alpha value is -3.07. The van der Waals surface area contributed by atoms with E-state index < -0.39 is 0 Å². The zero-order valence-electron chi connectivity index (χ0n) is 20.0. The average molecular weight is 463 g/mol. The van der Waals surface area contributed by atoms with Crippen molar-refractivity contribution in [2.45, 2.75) is 20.0 Å². The van der Waals surface area contributed by atoms with Crippen LogP contribution in [-0.4, -0.2) is 86.1 Å². The molecule has 1 saturated heterocycles. The highest BCUT2D eigenvalue weighted by Crippen LogP contribution is 2.32. The summed E-state index contributed by atoms with van der Waals surface area (Å²) in [5.74, 6) is 0.469. The van der Waals surface area contributed by atoms with Crippen LogP contribution in [0.4, 0.5) is 0 Å². The first kappa shape index (κ1) is 24.1. The number of phenolic OH excluding ortho intramolecular Hbond substituents is 2. The third-order valence-corrected chi connectivity index (χ3v) is 6.07. The van der Waals surface area contributed by atoms with Gasteiger partial charge in [0.15, 0.2) is 0 Å². The second-order valence-corrected chi connectivity index (χ2v) is 8.83. The molecule has 0 radical (unpaired) electrons. The zero-order valence-corrected chi connectivity index (χ0v) is 20.0. The van der Waals surface area contributed by atoms with Crippen molar-refractivity contribution in [1.29, 1.82) is 0 Å². The van der Waals surface area contributed by atoms with Gasteiger partial charge in [-0.25, -0.2) is 0 Å². The number of aromatic hydroxyl groups is 2. The lowest BCUT2D eigenvalue weighted by atomic mass is 10.0. The molecule has 4 N–H and O–H groups in total. The molecule has 0 amide bonds. The van der Waals surface area contributed by atoms with Crippen molar-refractivity contribution in [1.82, 2.24) is 15.5 Å². The van der Waals surface area contributed by atoms with Gasteiger partial charge in [0.25, 0.3) is 0 Å². The van der Waals surface area contributed by atoms with Crippen LogP contribution in [0.3, 0.4) is 0 Å². The molecule has 4 rings (SSSR count). The number of fused-ring (bicyclic) bond motifs is 6. The maximum Gasteiger partial charge on any atom is 0.133 e. The maximum absolute atomic E-state index is 11.0. The Morgan fingerprint density at radius 3 is 1.94 bits per heavy atom. The van der Waals surface area contributed by atoms with Crippen LogP contribution in [0.5, 0.6) is 11.5 Å². The number of hydrogen-bond acceptors (Lipinski definition) is 8. The van der Waals surface area contributed by atoms with Gasteiger partial charge in [-0.15, -0.1) is 0 Å². The highest BCUT2D eigenvalue weighted by Gasteiger charge is 2.28. The van der Waals surface area contributed by atoms with Gasteiger partial charge in [0.05, 0.1) is 25.8 Å². The van der Waals surface area contributed by atoms with E-state index in [4.69, 9.17) is 0 Å². The lowest BCUT2D eigenvalue weighted by Crippen LogP contribution is -2.30. The topological polar surface area (TPSA) is 105 Å². The van der Waals surface area contributed by atoms with E-state index in [9.17, 15) is 10.2 Å². The third-order valence-electron chi connectivity index (χ3n) is 6.07. The Balaban J connectivity index is 1.60. The highest BCUT2D eigenvalue weighted by atomic mass is 16.3. The molecule has 0 unspecified atom stereocenters. The molecule has 0 saturated carbocycles. The molecule has 2 aromatic carbocycles. The van der Waals surface area contributed by atoms with Crippen LogP contribution in [0.2, 0.25) is 0 Å². The summed E-state index contributed by atoms with van der Waals surface area (Å²) in [5, 5.41) is 28.5. The minimum absolute atomic E-state index is 0.0757. The summed E-state index contributed by atoms with van der Waals surface area (Å²) >= 11 is 0. The number of nitrogens with zero attached hydrogens (tertiary/aromatic N) is 4. The Bertz CT molecular complexity index is 1100. The van der Waals surface area contributed by atoms with E-state index in [1.807, 2.05) is 38.1 Å². The molecule has 1 atom stereocenters. The molecule has 0 aromatic heterocycles. The van der Waals surface area contributed by atoms with E-state index in [1.165, 1.54) is 0 Å². The van der Waals surface area contributed by atoms with Crippen LogP contribution in [0, 0.1) is 13.8 Å². The van der Waals surface area contributed by atoms with Gasteiger partial charge in [0.2, 0.25) is 0 Å². The summed E-state index contributed by atoms with van der Waals surface area (Å²) < 4.78 is 0. The Morgan fingerprint density at radius 1 is 0.735 bits per heavy atom. The largest absolute Gasteiger partial charge is 0.507 e. The van der Waals surface area contributed by atoms with Gasteiger partial charge >= 0.3 is 0 Å². The first-order valence-electron chi connectivity index (χ1n) is 11.9. The van der Waals surface area contributed by atoms with Crippen molar-refractivity contribution >= 4 is 18.6 Å². The van der Waals surface area contributed by atoms with Gasteiger partial charge in [-0.05, 0) is 49.2 Å². The minimum Gasteiger partial charge on any atom is -0.507 e. The summed E-state index contributed by atoms with van der Waals surface area (Å²) in [4.78, 5) is 15.8. The summed E-state index contributed by atoms with van der Waals surface area (Å²) in [6.07, 6.45) is 5.14. The first-order valence-corrected chi connectivity index (χ1v) is 11.9. The van der Waals surface area contributed by atoms with E-state index in [2.05, 4.69) is 30.5 Å². The number of aliphatic imine (C=N–C) groups is 3. The monoisotopic (exact) mass is 462 g/mol. The first-order chi connectivity index (χ1) is 16.5. The fraction of sp³-hybridized carbons (Fsp3) is 0.423. The molecular formula is C26H34N6O2. The Labute approximate surface area is 201 Å². The SMILES string of the molecule is Cc1cc2c(O)c(c1)C=NCCN1CCN[C@H]1c1cc(C)cc(c1O)C=NCCNCCN=C2. The smallest absolute Gasteiger partial charge is 0.133 e. The molecule has 180 valence electrons. The van der Waals surface area contributed by atoms with Gasteiger partial charge in [-0.1, -0.05) is 0 Å². The molecular weight excluding hydrogens is 428 g/mol. The van der Waals surface area contributed by atoms with Crippen LogP contribution in [0.15, 0.2) is 39.2 Å². The predicted molar refractivity (Wildman–Crippen MR) is 138 cm³/mol. The molecule has 2 aliphatic heterocycles. The van der Waals surface area contributed by atoms with Crippen molar-refractivity contribution in [2.24, 2.45) is 15.0 Å². The lowest BCUT2D eigenvalue weighted by molar-refractivity contribution is 0.247. The van der Waals surface area contributed by atoms with E-state index in [0.29, 0.717) is 30.8 Å². The molecule has 8 heteroatoms. The molecule has 2 heterocycles. The number of hydrogen-bond donors (Lipinski definition) is 4. The maximum atomic E-state index is 11.0. The molecule has 0 aliphatic carbocycles. The van der Waals surface area contributed by atoms with Gasteiger partial charge in [0, 0.05) is 73.6 Å². The second-order valence-electron chi connectivity index (χ2n) is 8.83. The summed E-state index contributed by atoms with van der Waals surface area (Å²) in [5.41, 5.74) is 5.13. The van der Waals surface area contributed by atoms with Gasteiger partial charge < -0.3 is 15.5 Å². The molecule has 4 bridgehead atoms. The molecule has 2 aromatic rings. The number of benzene rings is 2.